The van der Waals surface area contributed by atoms with E-state index in [0.717, 1.165) is 5.56 Å². The van der Waals surface area contributed by atoms with Gasteiger partial charge in [0, 0.05) is 5.56 Å². The summed E-state index contributed by atoms with van der Waals surface area (Å²) in [5, 5.41) is 17.0. The molecule has 0 saturated carbocycles. The molecule has 3 rings (SSSR count). The summed E-state index contributed by atoms with van der Waals surface area (Å²) in [6, 6.07) is 5.40. The Bertz CT molecular complexity index is 565. The summed E-state index contributed by atoms with van der Waals surface area (Å²) in [6.07, 6.45) is -0.775. The smallest absolute Gasteiger partial charge is 0.248 e. The second kappa shape index (κ2) is 4.30. The minimum Gasteiger partial charge on any atom is -0.486 e. The van der Waals surface area contributed by atoms with Gasteiger partial charge in [-0.15, -0.1) is 10.2 Å². The maximum Gasteiger partial charge on any atom is 0.248 e. The lowest BCUT2D eigenvalue weighted by molar-refractivity contribution is 0.163. The van der Waals surface area contributed by atoms with Gasteiger partial charge in [-0.05, 0) is 25.1 Å². The Kier molecular flexibility index (Phi) is 2.64. The van der Waals surface area contributed by atoms with Crippen LogP contribution in [0.5, 0.6) is 11.5 Å². The van der Waals surface area contributed by atoms with Gasteiger partial charge in [0.15, 0.2) is 11.5 Å². The van der Waals surface area contributed by atoms with Gasteiger partial charge in [-0.25, -0.2) is 0 Å². The molecule has 18 heavy (non-hydrogen) atoms. The predicted molar refractivity (Wildman–Crippen MR) is 61.4 cm³/mol. The summed E-state index contributed by atoms with van der Waals surface area (Å²) < 4.78 is 16.3. The molecule has 0 bridgehead atoms. The summed E-state index contributed by atoms with van der Waals surface area (Å²) in [6.45, 7) is 2.65. The van der Waals surface area contributed by atoms with E-state index in [-0.39, 0.29) is 5.89 Å². The Morgan fingerprint density at radius 2 is 1.94 bits per heavy atom. The van der Waals surface area contributed by atoms with Crippen molar-refractivity contribution in [3.05, 3.63) is 24.1 Å². The first-order valence-electron chi connectivity index (χ1n) is 5.65. The van der Waals surface area contributed by atoms with Gasteiger partial charge < -0.3 is 19.0 Å². The zero-order valence-electron chi connectivity index (χ0n) is 9.79. The number of fused-ring (bicyclic) bond motifs is 1. The molecule has 2 aromatic rings. The zero-order valence-corrected chi connectivity index (χ0v) is 9.79. The quantitative estimate of drug-likeness (QED) is 0.869. The fourth-order valence-corrected chi connectivity index (χ4v) is 1.70. The van der Waals surface area contributed by atoms with Crippen molar-refractivity contribution in [1.29, 1.82) is 0 Å². The molecule has 1 N–H and O–H groups in total. The van der Waals surface area contributed by atoms with Gasteiger partial charge in [-0.2, -0.15) is 0 Å². The molecule has 1 unspecified atom stereocenters. The number of nitrogens with zero attached hydrogens (tertiary/aromatic N) is 2. The van der Waals surface area contributed by atoms with Crippen LogP contribution in [0.15, 0.2) is 22.6 Å². The molecule has 0 spiro atoms. The topological polar surface area (TPSA) is 77.6 Å². The molecule has 1 aliphatic rings. The fraction of sp³-hybridized carbons (Fsp3) is 0.333. The van der Waals surface area contributed by atoms with E-state index in [4.69, 9.17) is 13.9 Å². The third-order valence-electron chi connectivity index (χ3n) is 2.59. The second-order valence-electron chi connectivity index (χ2n) is 3.98. The molecule has 0 radical (unpaired) electrons. The standard InChI is InChI=1S/C12H12N2O4/c1-7(15)11-13-14-12(18-11)8-2-3-9-10(6-8)17-5-4-16-9/h2-3,6-7,15H,4-5H2,1H3. The van der Waals surface area contributed by atoms with Crippen molar-refractivity contribution in [3.63, 3.8) is 0 Å². The first-order chi connectivity index (χ1) is 8.74. The first kappa shape index (κ1) is 11.0. The largest absolute Gasteiger partial charge is 0.486 e. The van der Waals surface area contributed by atoms with Crippen molar-refractivity contribution in [3.8, 4) is 23.0 Å². The number of ether oxygens (including phenoxy) is 2. The van der Waals surface area contributed by atoms with Crippen LogP contribution in [0.2, 0.25) is 0 Å². The van der Waals surface area contributed by atoms with Crippen LogP contribution in [0.4, 0.5) is 0 Å². The van der Waals surface area contributed by atoms with E-state index in [2.05, 4.69) is 10.2 Å². The second-order valence-corrected chi connectivity index (χ2v) is 3.98. The monoisotopic (exact) mass is 248 g/mol. The average molecular weight is 248 g/mol. The van der Waals surface area contributed by atoms with E-state index in [9.17, 15) is 5.11 Å². The number of aliphatic hydroxyl groups is 1. The number of hydrogen-bond donors (Lipinski definition) is 1. The Balaban J connectivity index is 1.95. The van der Waals surface area contributed by atoms with Crippen molar-refractivity contribution in [2.75, 3.05) is 13.2 Å². The Hall–Kier alpha value is -2.08. The molecule has 94 valence electrons. The van der Waals surface area contributed by atoms with Gasteiger partial charge in [-0.3, -0.25) is 0 Å². The third kappa shape index (κ3) is 1.91. The van der Waals surface area contributed by atoms with Crippen LogP contribution in [-0.4, -0.2) is 28.5 Å². The van der Waals surface area contributed by atoms with E-state index in [1.807, 2.05) is 6.07 Å². The van der Waals surface area contributed by atoms with Crippen molar-refractivity contribution in [2.45, 2.75) is 13.0 Å². The summed E-state index contributed by atoms with van der Waals surface area (Å²) in [4.78, 5) is 0. The van der Waals surface area contributed by atoms with E-state index in [1.54, 1.807) is 19.1 Å². The van der Waals surface area contributed by atoms with Gasteiger partial charge in [0.25, 0.3) is 0 Å². The van der Waals surface area contributed by atoms with Crippen LogP contribution < -0.4 is 9.47 Å². The van der Waals surface area contributed by atoms with E-state index >= 15 is 0 Å². The molecule has 6 nitrogen and oxygen atoms in total. The molecular weight excluding hydrogens is 236 g/mol. The summed E-state index contributed by atoms with van der Waals surface area (Å²) in [5.74, 6) is 1.92. The number of rotatable bonds is 2. The normalized spacial score (nSPS) is 15.4. The van der Waals surface area contributed by atoms with Crippen LogP contribution in [0, 0.1) is 0 Å². The highest BCUT2D eigenvalue weighted by atomic mass is 16.6. The number of hydrogen-bond acceptors (Lipinski definition) is 6. The Labute approximate surface area is 103 Å². The molecule has 2 heterocycles. The number of benzene rings is 1. The van der Waals surface area contributed by atoms with Crippen LogP contribution in [0.1, 0.15) is 18.9 Å². The summed E-state index contributed by atoms with van der Waals surface area (Å²) in [5.41, 5.74) is 0.735. The summed E-state index contributed by atoms with van der Waals surface area (Å²) >= 11 is 0. The van der Waals surface area contributed by atoms with Crippen molar-refractivity contribution < 1.29 is 19.0 Å². The van der Waals surface area contributed by atoms with Gasteiger partial charge in [0.1, 0.15) is 19.3 Å². The highest BCUT2D eigenvalue weighted by molar-refractivity contribution is 5.59. The van der Waals surface area contributed by atoms with Gasteiger partial charge in [-0.1, -0.05) is 0 Å². The average Bonchev–Trinajstić information content (AvgIpc) is 2.88. The van der Waals surface area contributed by atoms with E-state index in [0.29, 0.717) is 30.6 Å². The van der Waals surface area contributed by atoms with Crippen LogP contribution in [0.25, 0.3) is 11.5 Å². The molecule has 1 aromatic heterocycles. The molecule has 0 fully saturated rings. The van der Waals surface area contributed by atoms with Gasteiger partial charge in [0.2, 0.25) is 11.8 Å². The minimum absolute atomic E-state index is 0.194. The van der Waals surface area contributed by atoms with E-state index < -0.39 is 6.10 Å². The molecule has 6 heteroatoms. The molecule has 1 aliphatic heterocycles. The Morgan fingerprint density at radius 3 is 2.67 bits per heavy atom. The zero-order chi connectivity index (χ0) is 12.5. The summed E-state index contributed by atoms with van der Waals surface area (Å²) in [7, 11) is 0. The molecule has 1 aromatic carbocycles. The van der Waals surface area contributed by atoms with Crippen LogP contribution >= 0.6 is 0 Å². The molecule has 0 aliphatic carbocycles. The van der Waals surface area contributed by atoms with Gasteiger partial charge >= 0.3 is 0 Å². The van der Waals surface area contributed by atoms with Gasteiger partial charge in [0.05, 0.1) is 0 Å². The maximum atomic E-state index is 9.34. The highest BCUT2D eigenvalue weighted by Crippen LogP contribution is 2.34. The fourth-order valence-electron chi connectivity index (χ4n) is 1.70. The predicted octanol–water partition coefficient (Wildman–Crippen LogP) is 1.56. The molecular formula is C12H12N2O4. The number of aliphatic hydroxyl groups excluding tert-OH is 1. The first-order valence-corrected chi connectivity index (χ1v) is 5.65. The SMILES string of the molecule is CC(O)c1nnc(-c2ccc3c(c2)OCCO3)o1. The highest BCUT2D eigenvalue weighted by Gasteiger charge is 2.16. The van der Waals surface area contributed by atoms with Crippen molar-refractivity contribution in [2.24, 2.45) is 0 Å². The lowest BCUT2D eigenvalue weighted by atomic mass is 10.2. The minimum atomic E-state index is -0.775. The molecule has 0 saturated heterocycles. The van der Waals surface area contributed by atoms with Crippen molar-refractivity contribution in [1.82, 2.24) is 10.2 Å². The Morgan fingerprint density at radius 1 is 1.17 bits per heavy atom. The lowest BCUT2D eigenvalue weighted by Gasteiger charge is -2.18. The third-order valence-corrected chi connectivity index (χ3v) is 2.59. The molecule has 0 amide bonds. The molecule has 1 atom stereocenters. The van der Waals surface area contributed by atoms with Crippen LogP contribution in [-0.2, 0) is 0 Å². The number of aromatic nitrogens is 2. The van der Waals surface area contributed by atoms with E-state index in [1.165, 1.54) is 0 Å². The lowest BCUT2D eigenvalue weighted by Crippen LogP contribution is -2.15. The maximum absolute atomic E-state index is 9.34. The van der Waals surface area contributed by atoms with Crippen LogP contribution in [0.3, 0.4) is 0 Å². The van der Waals surface area contributed by atoms with Crippen molar-refractivity contribution >= 4 is 0 Å².